The van der Waals surface area contributed by atoms with Crippen LogP contribution in [0.4, 0.5) is 24.7 Å². The van der Waals surface area contributed by atoms with Crippen molar-refractivity contribution < 1.29 is 32.2 Å². The first-order valence-electron chi connectivity index (χ1n) is 9.63. The number of aromatic nitrogens is 1. The molecule has 0 unspecified atom stereocenters. The summed E-state index contributed by atoms with van der Waals surface area (Å²) in [4.78, 5) is 30.5. The number of hydrogen-bond acceptors (Lipinski definition) is 6. The fourth-order valence-corrected chi connectivity index (χ4v) is 3.26. The number of ether oxygens (including phenoxy) is 2. The van der Waals surface area contributed by atoms with E-state index in [2.05, 4.69) is 10.3 Å². The van der Waals surface area contributed by atoms with Crippen LogP contribution in [-0.4, -0.2) is 53.7 Å². The third kappa shape index (κ3) is 5.94. The van der Waals surface area contributed by atoms with Crippen LogP contribution in [-0.2, 0) is 20.4 Å². The Morgan fingerprint density at radius 3 is 2.58 bits per heavy atom. The first-order valence-corrected chi connectivity index (χ1v) is 9.63. The molecule has 1 fully saturated rings. The fraction of sp³-hybridized carbons (Fsp3) is 0.381. The summed E-state index contributed by atoms with van der Waals surface area (Å²) in [6.45, 7) is 4.04. The van der Waals surface area contributed by atoms with Crippen LogP contribution < -0.4 is 5.32 Å². The number of amides is 1. The Kier molecular flexibility index (Phi) is 6.79. The number of carbonyl (C=O) groups is 2. The smallest absolute Gasteiger partial charge is 0.416 e. The van der Waals surface area contributed by atoms with Crippen LogP contribution in [0, 0.1) is 0 Å². The van der Waals surface area contributed by atoms with Crippen molar-refractivity contribution in [2.24, 2.45) is 0 Å². The highest BCUT2D eigenvalue weighted by Crippen LogP contribution is 2.31. The first kappa shape index (κ1) is 22.5. The molecular weight excluding hydrogens is 415 g/mol. The van der Waals surface area contributed by atoms with Crippen molar-refractivity contribution >= 4 is 23.4 Å². The van der Waals surface area contributed by atoms with Gasteiger partial charge in [-0.1, -0.05) is 6.07 Å². The molecular formula is C21H22F3N3O4. The van der Waals surface area contributed by atoms with E-state index in [4.69, 9.17) is 9.47 Å². The highest BCUT2D eigenvalue weighted by molar-refractivity contribution is 5.96. The van der Waals surface area contributed by atoms with Crippen LogP contribution >= 0.6 is 0 Å². The molecule has 1 aliphatic rings. The Morgan fingerprint density at radius 2 is 1.90 bits per heavy atom. The van der Waals surface area contributed by atoms with Crippen molar-refractivity contribution in [2.75, 3.05) is 25.0 Å². The Labute approximate surface area is 177 Å². The van der Waals surface area contributed by atoms with Crippen molar-refractivity contribution in [3.63, 3.8) is 0 Å². The zero-order chi connectivity index (χ0) is 22.6. The van der Waals surface area contributed by atoms with Gasteiger partial charge in [-0.25, -0.2) is 9.78 Å². The van der Waals surface area contributed by atoms with Gasteiger partial charge in [0.25, 0.3) is 5.91 Å². The number of halogens is 3. The molecule has 10 heteroatoms. The van der Waals surface area contributed by atoms with Gasteiger partial charge in [0.15, 0.2) is 6.61 Å². The van der Waals surface area contributed by atoms with E-state index in [0.29, 0.717) is 13.1 Å². The molecule has 2 aromatic rings. The van der Waals surface area contributed by atoms with Gasteiger partial charge in [0.05, 0.1) is 17.8 Å². The van der Waals surface area contributed by atoms with Gasteiger partial charge in [-0.05, 0) is 44.2 Å². The predicted octanol–water partition coefficient (Wildman–Crippen LogP) is 3.64. The Hall–Kier alpha value is -3.14. The maximum atomic E-state index is 12.9. The summed E-state index contributed by atoms with van der Waals surface area (Å²) >= 11 is 0. The van der Waals surface area contributed by atoms with Gasteiger partial charge in [-0.15, -0.1) is 0 Å². The molecule has 166 valence electrons. The molecule has 1 saturated heterocycles. The highest BCUT2D eigenvalue weighted by atomic mass is 19.4. The number of nitrogens with one attached hydrogen (secondary N) is 1. The molecule has 1 amide bonds. The predicted molar refractivity (Wildman–Crippen MR) is 106 cm³/mol. The van der Waals surface area contributed by atoms with Gasteiger partial charge in [0.2, 0.25) is 0 Å². The minimum atomic E-state index is -4.50. The lowest BCUT2D eigenvalue weighted by molar-refractivity contribution is -0.146. The fourth-order valence-electron chi connectivity index (χ4n) is 3.26. The number of anilines is 2. The van der Waals surface area contributed by atoms with Crippen LogP contribution in [0.5, 0.6) is 0 Å². The van der Waals surface area contributed by atoms with E-state index in [-0.39, 0.29) is 35.2 Å². The van der Waals surface area contributed by atoms with Crippen molar-refractivity contribution in [3.05, 3.63) is 53.7 Å². The van der Waals surface area contributed by atoms with Crippen LogP contribution in [0.25, 0.3) is 0 Å². The summed E-state index contributed by atoms with van der Waals surface area (Å²) in [5.74, 6) is -1.15. The standard InChI is InChI=1S/C21H22F3N3O4/c1-13-10-27(11-14(2)31-13)18(28)12-30-20(29)17-7-4-8-25-19(17)26-16-6-3-5-15(9-16)21(22,23)24/h3-9,13-14H,10-12H2,1-2H3,(H,25,26)/t13-,14-/m1/s1. The van der Waals surface area contributed by atoms with E-state index in [1.165, 1.54) is 30.5 Å². The monoisotopic (exact) mass is 437 g/mol. The molecule has 0 spiro atoms. The van der Waals surface area contributed by atoms with Gasteiger partial charge in [-0.3, -0.25) is 4.79 Å². The molecule has 7 nitrogen and oxygen atoms in total. The number of rotatable bonds is 5. The molecule has 0 radical (unpaired) electrons. The average molecular weight is 437 g/mol. The van der Waals surface area contributed by atoms with Gasteiger partial charge in [-0.2, -0.15) is 13.2 Å². The number of esters is 1. The van der Waals surface area contributed by atoms with E-state index in [1.807, 2.05) is 13.8 Å². The van der Waals surface area contributed by atoms with Gasteiger partial charge >= 0.3 is 12.1 Å². The lowest BCUT2D eigenvalue weighted by Crippen LogP contribution is -2.49. The van der Waals surface area contributed by atoms with Crippen molar-refractivity contribution in [3.8, 4) is 0 Å². The van der Waals surface area contributed by atoms with Gasteiger partial charge in [0, 0.05) is 25.0 Å². The highest BCUT2D eigenvalue weighted by Gasteiger charge is 2.30. The van der Waals surface area contributed by atoms with E-state index in [0.717, 1.165) is 12.1 Å². The summed E-state index contributed by atoms with van der Waals surface area (Å²) < 4.78 is 49.5. The lowest BCUT2D eigenvalue weighted by Gasteiger charge is -2.35. The molecule has 0 aliphatic carbocycles. The molecule has 2 atom stereocenters. The third-order valence-electron chi connectivity index (χ3n) is 4.58. The second-order valence-corrected chi connectivity index (χ2v) is 7.24. The van der Waals surface area contributed by atoms with Gasteiger partial charge in [0.1, 0.15) is 11.4 Å². The molecule has 1 aromatic carbocycles. The second kappa shape index (κ2) is 9.34. The van der Waals surface area contributed by atoms with E-state index >= 15 is 0 Å². The topological polar surface area (TPSA) is 80.8 Å². The van der Waals surface area contributed by atoms with Crippen molar-refractivity contribution in [1.29, 1.82) is 0 Å². The number of pyridine rings is 1. The van der Waals surface area contributed by atoms with Crippen molar-refractivity contribution in [2.45, 2.75) is 32.2 Å². The Morgan fingerprint density at radius 1 is 1.19 bits per heavy atom. The number of benzene rings is 1. The van der Waals surface area contributed by atoms with E-state index in [9.17, 15) is 22.8 Å². The molecule has 0 saturated carbocycles. The molecule has 3 rings (SSSR count). The number of morpholine rings is 1. The Balaban J connectivity index is 1.67. The summed E-state index contributed by atoms with van der Waals surface area (Å²) in [7, 11) is 0. The van der Waals surface area contributed by atoms with Crippen LogP contribution in [0.15, 0.2) is 42.6 Å². The van der Waals surface area contributed by atoms with Gasteiger partial charge < -0.3 is 19.7 Å². The molecule has 1 aliphatic heterocycles. The third-order valence-corrected chi connectivity index (χ3v) is 4.58. The molecule has 31 heavy (non-hydrogen) atoms. The minimum absolute atomic E-state index is 0.00331. The molecule has 1 N–H and O–H groups in total. The zero-order valence-corrected chi connectivity index (χ0v) is 17.0. The maximum absolute atomic E-state index is 12.9. The molecule has 2 heterocycles. The summed E-state index contributed by atoms with van der Waals surface area (Å²) in [6, 6.07) is 7.42. The van der Waals surface area contributed by atoms with Crippen LogP contribution in [0.2, 0.25) is 0 Å². The van der Waals surface area contributed by atoms with Crippen LogP contribution in [0.1, 0.15) is 29.8 Å². The molecule has 0 bridgehead atoms. The Bertz CT molecular complexity index is 941. The summed E-state index contributed by atoms with van der Waals surface area (Å²) in [6.07, 6.45) is -3.36. The summed E-state index contributed by atoms with van der Waals surface area (Å²) in [5.41, 5.74) is -0.733. The number of alkyl halides is 3. The second-order valence-electron chi connectivity index (χ2n) is 7.24. The normalized spacial score (nSPS) is 19.1. The van der Waals surface area contributed by atoms with Crippen LogP contribution in [0.3, 0.4) is 0 Å². The average Bonchev–Trinajstić information content (AvgIpc) is 2.71. The SMILES string of the molecule is C[C@@H]1CN(C(=O)COC(=O)c2cccnc2Nc2cccc(C(F)(F)F)c2)C[C@@H](C)O1. The van der Waals surface area contributed by atoms with E-state index < -0.39 is 24.3 Å². The number of nitrogens with zero attached hydrogens (tertiary/aromatic N) is 2. The maximum Gasteiger partial charge on any atom is 0.416 e. The summed E-state index contributed by atoms with van der Waals surface area (Å²) in [5, 5.41) is 2.70. The largest absolute Gasteiger partial charge is 0.452 e. The number of carbonyl (C=O) groups excluding carboxylic acids is 2. The zero-order valence-electron chi connectivity index (χ0n) is 17.0. The molecule has 1 aromatic heterocycles. The lowest BCUT2D eigenvalue weighted by atomic mass is 10.2. The van der Waals surface area contributed by atoms with E-state index in [1.54, 1.807) is 4.90 Å². The first-order chi connectivity index (χ1) is 14.6. The van der Waals surface area contributed by atoms with Crippen molar-refractivity contribution in [1.82, 2.24) is 9.88 Å². The number of hydrogen-bond donors (Lipinski definition) is 1. The minimum Gasteiger partial charge on any atom is -0.452 e. The quantitative estimate of drug-likeness (QED) is 0.720.